The number of hydrogen-bond donors (Lipinski definition) is 1. The molecular formula is C9H11N3O2S. The first-order chi connectivity index (χ1) is 7.04. The Labute approximate surface area is 88.5 Å². The maximum absolute atomic E-state index is 11.9. The minimum atomic E-state index is -3.73. The Bertz CT molecular complexity index is 490. The molecule has 80 valence electrons. The molecule has 0 spiro atoms. The fourth-order valence-corrected chi connectivity index (χ4v) is 2.61. The summed E-state index contributed by atoms with van der Waals surface area (Å²) in [6, 6.07) is 4.73. The van der Waals surface area contributed by atoms with E-state index >= 15 is 0 Å². The van der Waals surface area contributed by atoms with Gasteiger partial charge in [-0.3, -0.25) is 0 Å². The van der Waals surface area contributed by atoms with Gasteiger partial charge in [0.1, 0.15) is 0 Å². The van der Waals surface area contributed by atoms with Crippen molar-refractivity contribution in [2.45, 2.75) is 23.6 Å². The van der Waals surface area contributed by atoms with Crippen LogP contribution in [0.4, 0.5) is 5.69 Å². The van der Waals surface area contributed by atoms with E-state index in [4.69, 9.17) is 11.0 Å². The smallest absolute Gasteiger partial charge is 0.213 e. The maximum atomic E-state index is 11.9. The molecule has 0 aliphatic carbocycles. The van der Waals surface area contributed by atoms with Gasteiger partial charge in [0, 0.05) is 6.20 Å². The van der Waals surface area contributed by atoms with Gasteiger partial charge in [0.15, 0.2) is 10.3 Å². The lowest BCUT2D eigenvalue weighted by molar-refractivity contribution is 0.584. The van der Waals surface area contributed by atoms with Crippen LogP contribution in [0.2, 0.25) is 0 Å². The van der Waals surface area contributed by atoms with E-state index in [9.17, 15) is 8.42 Å². The van der Waals surface area contributed by atoms with Crippen LogP contribution in [0.1, 0.15) is 13.3 Å². The summed E-state index contributed by atoms with van der Waals surface area (Å²) in [6.07, 6.45) is 1.56. The molecule has 1 rings (SSSR count). The Hall–Kier alpha value is -1.61. The predicted octanol–water partition coefficient (Wildman–Crippen LogP) is 0.740. The Morgan fingerprint density at radius 1 is 1.67 bits per heavy atom. The van der Waals surface area contributed by atoms with Gasteiger partial charge in [0.05, 0.1) is 11.8 Å². The zero-order valence-electron chi connectivity index (χ0n) is 8.21. The molecular weight excluding hydrogens is 214 g/mol. The topological polar surface area (TPSA) is 96.8 Å². The Morgan fingerprint density at radius 2 is 2.33 bits per heavy atom. The lowest BCUT2D eigenvalue weighted by Crippen LogP contribution is -2.21. The van der Waals surface area contributed by atoms with E-state index in [0.29, 0.717) is 0 Å². The standard InChI is InChI=1S/C9H11N3O2S/c1-2-7(6-10)15(13,14)9-8(11)4-3-5-12-9/h3-5,7H,2,11H2,1H3. The van der Waals surface area contributed by atoms with Crippen LogP contribution >= 0.6 is 0 Å². The van der Waals surface area contributed by atoms with Crippen LogP contribution < -0.4 is 5.73 Å². The molecule has 0 fully saturated rings. The van der Waals surface area contributed by atoms with Crippen LogP contribution in [0.15, 0.2) is 23.4 Å². The van der Waals surface area contributed by atoms with E-state index in [-0.39, 0.29) is 17.1 Å². The highest BCUT2D eigenvalue weighted by Gasteiger charge is 2.28. The number of sulfone groups is 1. The van der Waals surface area contributed by atoms with Gasteiger partial charge in [-0.2, -0.15) is 5.26 Å². The van der Waals surface area contributed by atoms with E-state index in [1.165, 1.54) is 12.3 Å². The van der Waals surface area contributed by atoms with E-state index in [1.807, 2.05) is 0 Å². The summed E-state index contributed by atoms with van der Waals surface area (Å²) in [5.74, 6) is 0. The highest BCUT2D eigenvalue weighted by molar-refractivity contribution is 7.92. The quantitative estimate of drug-likeness (QED) is 0.818. The molecule has 0 amide bonds. The largest absolute Gasteiger partial charge is 0.396 e. The van der Waals surface area contributed by atoms with Crippen molar-refractivity contribution >= 4 is 15.5 Å². The summed E-state index contributed by atoms with van der Waals surface area (Å²) >= 11 is 0. The summed E-state index contributed by atoms with van der Waals surface area (Å²) in [6.45, 7) is 1.63. The SMILES string of the molecule is CCC(C#N)S(=O)(=O)c1ncccc1N. The monoisotopic (exact) mass is 225 g/mol. The van der Waals surface area contributed by atoms with Crippen LogP contribution in [0.3, 0.4) is 0 Å². The molecule has 0 radical (unpaired) electrons. The number of hydrogen-bond acceptors (Lipinski definition) is 5. The molecule has 1 atom stereocenters. The number of nitrogens with zero attached hydrogens (tertiary/aromatic N) is 2. The van der Waals surface area contributed by atoms with E-state index in [1.54, 1.807) is 19.1 Å². The molecule has 0 saturated heterocycles. The van der Waals surface area contributed by atoms with E-state index < -0.39 is 15.1 Å². The fraction of sp³-hybridized carbons (Fsp3) is 0.333. The molecule has 1 aromatic rings. The average molecular weight is 225 g/mol. The van der Waals surface area contributed by atoms with Crippen LogP contribution in [-0.4, -0.2) is 18.7 Å². The number of pyridine rings is 1. The highest BCUT2D eigenvalue weighted by Crippen LogP contribution is 2.20. The molecule has 0 aliphatic heterocycles. The van der Waals surface area contributed by atoms with Gasteiger partial charge < -0.3 is 5.73 Å². The van der Waals surface area contributed by atoms with Crippen LogP contribution in [0, 0.1) is 11.3 Å². The van der Waals surface area contributed by atoms with Gasteiger partial charge in [-0.1, -0.05) is 6.92 Å². The van der Waals surface area contributed by atoms with Gasteiger partial charge >= 0.3 is 0 Å². The number of aromatic nitrogens is 1. The minimum Gasteiger partial charge on any atom is -0.396 e. The van der Waals surface area contributed by atoms with Crippen molar-refractivity contribution in [2.75, 3.05) is 5.73 Å². The van der Waals surface area contributed by atoms with E-state index in [2.05, 4.69) is 4.98 Å². The third-order valence-electron chi connectivity index (χ3n) is 1.96. The molecule has 2 N–H and O–H groups in total. The highest BCUT2D eigenvalue weighted by atomic mass is 32.2. The molecule has 0 aliphatic rings. The first-order valence-electron chi connectivity index (χ1n) is 4.38. The number of nitriles is 1. The van der Waals surface area contributed by atoms with Crippen LogP contribution in [-0.2, 0) is 9.84 Å². The van der Waals surface area contributed by atoms with Gasteiger partial charge in [0.25, 0.3) is 0 Å². The van der Waals surface area contributed by atoms with Crippen molar-refractivity contribution in [1.29, 1.82) is 5.26 Å². The predicted molar refractivity (Wildman–Crippen MR) is 55.5 cm³/mol. The molecule has 0 saturated carbocycles. The van der Waals surface area contributed by atoms with E-state index in [0.717, 1.165) is 0 Å². The number of anilines is 1. The van der Waals surface area contributed by atoms with Crippen molar-refractivity contribution in [3.05, 3.63) is 18.3 Å². The zero-order chi connectivity index (χ0) is 11.5. The first-order valence-corrected chi connectivity index (χ1v) is 5.92. The number of rotatable bonds is 3. The molecule has 6 heteroatoms. The van der Waals surface area contributed by atoms with Crippen LogP contribution in [0.25, 0.3) is 0 Å². The lowest BCUT2D eigenvalue weighted by atomic mass is 10.4. The molecule has 5 nitrogen and oxygen atoms in total. The summed E-state index contributed by atoms with van der Waals surface area (Å²) in [5, 5.41) is 7.42. The average Bonchev–Trinajstić information content (AvgIpc) is 2.19. The van der Waals surface area contributed by atoms with Crippen LogP contribution in [0.5, 0.6) is 0 Å². The summed E-state index contributed by atoms with van der Waals surface area (Å²) in [7, 11) is -3.73. The molecule has 15 heavy (non-hydrogen) atoms. The van der Waals surface area contributed by atoms with Crippen molar-refractivity contribution in [3.63, 3.8) is 0 Å². The minimum absolute atomic E-state index is 0.0752. The van der Waals surface area contributed by atoms with Crippen molar-refractivity contribution in [1.82, 2.24) is 4.98 Å². The maximum Gasteiger partial charge on any atom is 0.213 e. The summed E-state index contributed by atoms with van der Waals surface area (Å²) < 4.78 is 23.7. The fourth-order valence-electron chi connectivity index (χ4n) is 1.16. The second-order valence-corrected chi connectivity index (χ2v) is 5.01. The van der Waals surface area contributed by atoms with Crippen molar-refractivity contribution in [3.8, 4) is 6.07 Å². The van der Waals surface area contributed by atoms with Crippen molar-refractivity contribution < 1.29 is 8.42 Å². The zero-order valence-corrected chi connectivity index (χ0v) is 9.03. The summed E-state index contributed by atoms with van der Waals surface area (Å²) in [5.41, 5.74) is 5.58. The van der Waals surface area contributed by atoms with Crippen molar-refractivity contribution in [2.24, 2.45) is 0 Å². The molecule has 1 unspecified atom stereocenters. The number of nitrogens with two attached hydrogens (primary N) is 1. The molecule has 0 bridgehead atoms. The third kappa shape index (κ3) is 2.07. The van der Waals surface area contributed by atoms with Gasteiger partial charge in [-0.05, 0) is 18.6 Å². The number of nitrogen functional groups attached to an aromatic ring is 1. The first kappa shape index (κ1) is 11.5. The molecule has 0 aromatic carbocycles. The second-order valence-electron chi connectivity index (χ2n) is 2.97. The van der Waals surface area contributed by atoms with Gasteiger partial charge in [-0.15, -0.1) is 0 Å². The molecule has 1 heterocycles. The summed E-state index contributed by atoms with van der Waals surface area (Å²) in [4.78, 5) is 3.70. The Kier molecular flexibility index (Phi) is 3.27. The Morgan fingerprint density at radius 3 is 2.80 bits per heavy atom. The third-order valence-corrected chi connectivity index (χ3v) is 4.03. The lowest BCUT2D eigenvalue weighted by Gasteiger charge is -2.08. The Balaban J connectivity index is 3.31. The van der Waals surface area contributed by atoms with Gasteiger partial charge in [-0.25, -0.2) is 13.4 Å². The normalized spacial score (nSPS) is 13.1. The second kappa shape index (κ2) is 4.28. The molecule has 1 aromatic heterocycles. The van der Waals surface area contributed by atoms with Gasteiger partial charge in [0.2, 0.25) is 9.84 Å².